The van der Waals surface area contributed by atoms with Crippen LogP contribution in [0, 0.1) is 5.92 Å². The van der Waals surface area contributed by atoms with E-state index in [9.17, 15) is 0 Å². The predicted octanol–water partition coefficient (Wildman–Crippen LogP) is 3.78. The smallest absolute Gasteiger partial charge is 0.374 e. The summed E-state index contributed by atoms with van der Waals surface area (Å²) in [6, 6.07) is 0. The molecule has 0 aromatic carbocycles. The third-order valence-corrected chi connectivity index (χ3v) is 7.14. The van der Waals surface area contributed by atoms with E-state index in [1.54, 1.807) is 0 Å². The Bertz CT molecular complexity index is 238. The molecular formula is C14H28O3Si. The molecule has 1 aliphatic carbocycles. The normalized spacial score (nSPS) is 22.1. The van der Waals surface area contributed by atoms with Crippen molar-refractivity contribution in [3.05, 3.63) is 12.2 Å². The van der Waals surface area contributed by atoms with E-state index in [1.165, 1.54) is 19.3 Å². The lowest BCUT2D eigenvalue weighted by Gasteiger charge is -2.37. The van der Waals surface area contributed by atoms with Gasteiger partial charge in [0.25, 0.3) is 0 Å². The van der Waals surface area contributed by atoms with Crippen LogP contribution in [-0.2, 0) is 13.3 Å². The second-order valence-electron chi connectivity index (χ2n) is 4.71. The summed E-state index contributed by atoms with van der Waals surface area (Å²) in [6.07, 6.45) is 8.30. The molecule has 0 bridgehead atoms. The summed E-state index contributed by atoms with van der Waals surface area (Å²) in [4.78, 5) is 0. The summed E-state index contributed by atoms with van der Waals surface area (Å²) in [7, 11) is -2.54. The monoisotopic (exact) mass is 272 g/mol. The van der Waals surface area contributed by atoms with Crippen molar-refractivity contribution in [3.63, 3.8) is 0 Å². The van der Waals surface area contributed by atoms with Gasteiger partial charge in [-0.15, -0.1) is 0 Å². The lowest BCUT2D eigenvalue weighted by Crippen LogP contribution is -2.51. The second kappa shape index (κ2) is 8.10. The molecule has 1 rings (SSSR count). The van der Waals surface area contributed by atoms with Crippen LogP contribution in [0.4, 0.5) is 0 Å². The maximum absolute atomic E-state index is 5.99. The molecular weight excluding hydrogens is 244 g/mol. The van der Waals surface area contributed by atoms with E-state index >= 15 is 0 Å². The van der Waals surface area contributed by atoms with Crippen molar-refractivity contribution in [2.75, 3.05) is 19.8 Å². The maximum atomic E-state index is 5.99. The topological polar surface area (TPSA) is 27.7 Å². The molecule has 0 aromatic rings. The largest absolute Gasteiger partial charge is 0.504 e. The fraction of sp³-hybridized carbons (Fsp3) is 0.857. The van der Waals surface area contributed by atoms with Crippen LogP contribution in [-0.4, -0.2) is 28.6 Å². The molecule has 0 heterocycles. The van der Waals surface area contributed by atoms with Gasteiger partial charge in [-0.1, -0.05) is 19.1 Å². The summed E-state index contributed by atoms with van der Waals surface area (Å²) < 4.78 is 18.0. The molecule has 0 N–H and O–H groups in total. The van der Waals surface area contributed by atoms with Crippen LogP contribution in [0.2, 0.25) is 5.54 Å². The quantitative estimate of drug-likeness (QED) is 0.497. The molecule has 3 nitrogen and oxygen atoms in total. The molecule has 0 spiro atoms. The average molecular weight is 272 g/mol. The Morgan fingerprint density at radius 3 is 2.06 bits per heavy atom. The minimum Gasteiger partial charge on any atom is -0.374 e. The zero-order valence-electron chi connectivity index (χ0n) is 12.3. The zero-order valence-corrected chi connectivity index (χ0v) is 13.3. The minimum atomic E-state index is -2.54. The second-order valence-corrected chi connectivity index (χ2v) is 7.70. The first-order chi connectivity index (χ1) is 8.70. The Labute approximate surface area is 113 Å². The fourth-order valence-electron chi connectivity index (χ4n) is 2.64. The van der Waals surface area contributed by atoms with E-state index < -0.39 is 8.80 Å². The molecule has 0 saturated carbocycles. The van der Waals surface area contributed by atoms with Crippen molar-refractivity contribution in [2.24, 2.45) is 5.92 Å². The van der Waals surface area contributed by atoms with Gasteiger partial charge >= 0.3 is 8.80 Å². The summed E-state index contributed by atoms with van der Waals surface area (Å²) >= 11 is 0. The van der Waals surface area contributed by atoms with Gasteiger partial charge in [0.2, 0.25) is 0 Å². The summed E-state index contributed by atoms with van der Waals surface area (Å²) in [5.74, 6) is 0.537. The Morgan fingerprint density at radius 2 is 1.67 bits per heavy atom. The van der Waals surface area contributed by atoms with Gasteiger partial charge in [0.05, 0.1) is 0 Å². The lowest BCUT2D eigenvalue weighted by atomic mass is 9.93. The van der Waals surface area contributed by atoms with Gasteiger partial charge in [0.15, 0.2) is 0 Å². The molecule has 0 radical (unpaired) electrons. The first-order valence-electron chi connectivity index (χ1n) is 7.28. The highest BCUT2D eigenvalue weighted by atomic mass is 28.4. The molecule has 0 aliphatic heterocycles. The molecule has 0 fully saturated rings. The molecule has 0 saturated heterocycles. The third kappa shape index (κ3) is 3.92. The predicted molar refractivity (Wildman–Crippen MR) is 76.5 cm³/mol. The van der Waals surface area contributed by atoms with Gasteiger partial charge in [-0.3, -0.25) is 0 Å². The van der Waals surface area contributed by atoms with Crippen LogP contribution < -0.4 is 0 Å². The van der Waals surface area contributed by atoms with Crippen molar-refractivity contribution >= 4 is 8.80 Å². The molecule has 18 heavy (non-hydrogen) atoms. The molecule has 2 unspecified atom stereocenters. The van der Waals surface area contributed by atoms with Gasteiger partial charge < -0.3 is 13.3 Å². The van der Waals surface area contributed by atoms with E-state index in [0.29, 0.717) is 31.3 Å². The third-order valence-electron chi connectivity index (χ3n) is 3.53. The standard InChI is InChI=1S/C14H28O3Si/c1-5-15-18(16-6-2,17-7-3)13(4)14-11-9-8-10-12-14/h9,11,13-14H,5-8,10,12H2,1-4H3. The number of hydrogen-bond acceptors (Lipinski definition) is 3. The summed E-state index contributed by atoms with van der Waals surface area (Å²) in [5.41, 5.74) is 0.342. The first-order valence-corrected chi connectivity index (χ1v) is 9.08. The van der Waals surface area contributed by atoms with Crippen LogP contribution in [0.1, 0.15) is 47.0 Å². The number of rotatable bonds is 8. The molecule has 2 atom stereocenters. The van der Waals surface area contributed by atoms with Gasteiger partial charge in [0, 0.05) is 25.4 Å². The van der Waals surface area contributed by atoms with Crippen LogP contribution in [0.3, 0.4) is 0 Å². The zero-order chi connectivity index (χ0) is 13.4. The lowest BCUT2D eigenvalue weighted by molar-refractivity contribution is 0.0573. The van der Waals surface area contributed by atoms with Crippen molar-refractivity contribution in [2.45, 2.75) is 52.5 Å². The SMILES string of the molecule is CCO[Si](OCC)(OCC)C(C)C1C=CCCC1. The van der Waals surface area contributed by atoms with Gasteiger partial charge in [-0.25, -0.2) is 0 Å². The number of allylic oxidation sites excluding steroid dienone is 2. The highest BCUT2D eigenvalue weighted by Gasteiger charge is 2.49. The average Bonchev–Trinajstić information content (AvgIpc) is 2.39. The number of hydrogen-bond donors (Lipinski definition) is 0. The van der Waals surface area contributed by atoms with Crippen molar-refractivity contribution in [1.82, 2.24) is 0 Å². The fourth-order valence-corrected chi connectivity index (χ4v) is 5.69. The molecule has 0 amide bonds. The van der Waals surface area contributed by atoms with Crippen molar-refractivity contribution in [3.8, 4) is 0 Å². The maximum Gasteiger partial charge on any atom is 0.504 e. The molecule has 0 aromatic heterocycles. The summed E-state index contributed by atoms with van der Waals surface area (Å²) in [5, 5.41) is 0. The van der Waals surface area contributed by atoms with Crippen LogP contribution >= 0.6 is 0 Å². The molecule has 106 valence electrons. The van der Waals surface area contributed by atoms with E-state index in [1.807, 2.05) is 20.8 Å². The Kier molecular flexibility index (Phi) is 7.15. The minimum absolute atomic E-state index is 0.342. The van der Waals surface area contributed by atoms with Gasteiger partial charge in [-0.2, -0.15) is 0 Å². The van der Waals surface area contributed by atoms with E-state index in [2.05, 4.69) is 19.1 Å². The van der Waals surface area contributed by atoms with E-state index in [0.717, 1.165) is 0 Å². The van der Waals surface area contributed by atoms with Crippen LogP contribution in [0.5, 0.6) is 0 Å². The van der Waals surface area contributed by atoms with Gasteiger partial charge in [0.1, 0.15) is 0 Å². The first kappa shape index (κ1) is 15.9. The van der Waals surface area contributed by atoms with Crippen molar-refractivity contribution in [1.29, 1.82) is 0 Å². The Balaban J connectivity index is 2.83. The Hall–Kier alpha value is -0.163. The highest BCUT2D eigenvalue weighted by molar-refractivity contribution is 6.62. The van der Waals surface area contributed by atoms with E-state index in [4.69, 9.17) is 13.3 Å². The molecule has 1 aliphatic rings. The van der Waals surface area contributed by atoms with Gasteiger partial charge in [-0.05, 0) is 46.0 Å². The van der Waals surface area contributed by atoms with Crippen LogP contribution in [0.15, 0.2) is 12.2 Å². The summed E-state index contributed by atoms with van der Waals surface area (Å²) in [6.45, 7) is 10.3. The van der Waals surface area contributed by atoms with Crippen molar-refractivity contribution < 1.29 is 13.3 Å². The highest BCUT2D eigenvalue weighted by Crippen LogP contribution is 2.37. The molecule has 4 heteroatoms. The van der Waals surface area contributed by atoms with E-state index in [-0.39, 0.29) is 0 Å². The van der Waals surface area contributed by atoms with Crippen LogP contribution in [0.25, 0.3) is 0 Å². The Morgan fingerprint density at radius 1 is 1.11 bits per heavy atom.